The van der Waals surface area contributed by atoms with Crippen molar-refractivity contribution in [2.24, 2.45) is 5.41 Å². The van der Waals surface area contributed by atoms with Crippen LogP contribution in [0.1, 0.15) is 19.3 Å². The molecule has 1 rings (SSSR count). The standard InChI is InChI=1S/C9H14N2O3/c10-6-9(2-1-3-9)8(14)11-7(4-12)5-13/h7,12-13H,1-5H2,(H,11,14). The molecule has 1 amide bonds. The van der Waals surface area contributed by atoms with Gasteiger partial charge in [-0.2, -0.15) is 5.26 Å². The van der Waals surface area contributed by atoms with Crippen molar-refractivity contribution in [2.75, 3.05) is 13.2 Å². The molecule has 1 fully saturated rings. The second-order valence-electron chi connectivity index (χ2n) is 3.58. The average molecular weight is 198 g/mol. The first-order valence-electron chi connectivity index (χ1n) is 4.62. The summed E-state index contributed by atoms with van der Waals surface area (Å²) in [5.41, 5.74) is -0.914. The van der Waals surface area contributed by atoms with Crippen molar-refractivity contribution >= 4 is 5.91 Å². The molecule has 1 saturated carbocycles. The fraction of sp³-hybridized carbons (Fsp3) is 0.778. The molecule has 1 aliphatic rings. The number of amides is 1. The maximum absolute atomic E-state index is 11.6. The Labute approximate surface area is 82.3 Å². The Balaban J connectivity index is 2.53. The molecule has 78 valence electrons. The lowest BCUT2D eigenvalue weighted by Gasteiger charge is -2.34. The molecule has 5 heteroatoms. The number of hydrogen-bond acceptors (Lipinski definition) is 4. The number of nitrogens with one attached hydrogen (secondary N) is 1. The molecular weight excluding hydrogens is 184 g/mol. The van der Waals surface area contributed by atoms with E-state index in [0.717, 1.165) is 6.42 Å². The van der Waals surface area contributed by atoms with Gasteiger partial charge in [0.05, 0.1) is 25.3 Å². The van der Waals surface area contributed by atoms with E-state index in [-0.39, 0.29) is 19.1 Å². The topological polar surface area (TPSA) is 93.4 Å². The Morgan fingerprint density at radius 1 is 1.50 bits per heavy atom. The fourth-order valence-corrected chi connectivity index (χ4v) is 1.39. The van der Waals surface area contributed by atoms with Crippen molar-refractivity contribution < 1.29 is 15.0 Å². The van der Waals surface area contributed by atoms with Crippen LogP contribution < -0.4 is 5.32 Å². The summed E-state index contributed by atoms with van der Waals surface area (Å²) in [6.07, 6.45) is 2.02. The number of hydrogen-bond donors (Lipinski definition) is 3. The van der Waals surface area contributed by atoms with Crippen molar-refractivity contribution in [1.29, 1.82) is 5.26 Å². The van der Waals surface area contributed by atoms with Gasteiger partial charge >= 0.3 is 0 Å². The number of nitriles is 1. The van der Waals surface area contributed by atoms with Crippen LogP contribution in [-0.2, 0) is 4.79 Å². The highest BCUT2D eigenvalue weighted by atomic mass is 16.3. The second-order valence-corrected chi connectivity index (χ2v) is 3.58. The minimum absolute atomic E-state index is 0.316. The highest BCUT2D eigenvalue weighted by molar-refractivity contribution is 5.86. The molecule has 1 aliphatic carbocycles. The summed E-state index contributed by atoms with van der Waals surface area (Å²) in [5, 5.41) is 28.8. The number of carbonyl (C=O) groups is 1. The van der Waals surface area contributed by atoms with Gasteiger partial charge in [0.2, 0.25) is 5.91 Å². The van der Waals surface area contributed by atoms with Gasteiger partial charge < -0.3 is 15.5 Å². The first kappa shape index (κ1) is 11.0. The van der Waals surface area contributed by atoms with Crippen molar-refractivity contribution in [3.63, 3.8) is 0 Å². The lowest BCUT2D eigenvalue weighted by Crippen LogP contribution is -2.50. The van der Waals surface area contributed by atoms with Crippen LogP contribution in [0.15, 0.2) is 0 Å². The third-order valence-corrected chi connectivity index (χ3v) is 2.63. The summed E-state index contributed by atoms with van der Waals surface area (Å²) >= 11 is 0. The van der Waals surface area contributed by atoms with Crippen molar-refractivity contribution in [2.45, 2.75) is 25.3 Å². The van der Waals surface area contributed by atoms with Crippen LogP contribution in [0.5, 0.6) is 0 Å². The molecular formula is C9H14N2O3. The molecule has 0 spiro atoms. The van der Waals surface area contributed by atoms with E-state index in [4.69, 9.17) is 15.5 Å². The first-order chi connectivity index (χ1) is 6.68. The first-order valence-corrected chi connectivity index (χ1v) is 4.62. The SMILES string of the molecule is N#CC1(C(=O)NC(CO)CO)CCC1. The maximum Gasteiger partial charge on any atom is 0.240 e. The second kappa shape index (κ2) is 4.40. The van der Waals surface area contributed by atoms with Crippen LogP contribution in [0.4, 0.5) is 0 Å². The van der Waals surface area contributed by atoms with Crippen LogP contribution in [0.25, 0.3) is 0 Å². The van der Waals surface area contributed by atoms with E-state index in [1.54, 1.807) is 0 Å². The van der Waals surface area contributed by atoms with E-state index in [1.165, 1.54) is 0 Å². The number of nitrogens with zero attached hydrogens (tertiary/aromatic N) is 1. The normalized spacial score (nSPS) is 18.4. The monoisotopic (exact) mass is 198 g/mol. The van der Waals surface area contributed by atoms with E-state index in [0.29, 0.717) is 12.8 Å². The number of aliphatic hydroxyl groups is 2. The minimum atomic E-state index is -0.914. The summed E-state index contributed by atoms with van der Waals surface area (Å²) in [5.74, 6) is -0.376. The predicted molar refractivity (Wildman–Crippen MR) is 48.0 cm³/mol. The van der Waals surface area contributed by atoms with E-state index < -0.39 is 11.5 Å². The quantitative estimate of drug-likeness (QED) is 0.548. The predicted octanol–water partition coefficient (Wildman–Crippen LogP) is -0.850. The maximum atomic E-state index is 11.6. The van der Waals surface area contributed by atoms with Gasteiger partial charge in [-0.05, 0) is 19.3 Å². The molecule has 5 nitrogen and oxygen atoms in total. The molecule has 0 aromatic rings. The summed E-state index contributed by atoms with van der Waals surface area (Å²) in [6.45, 7) is -0.631. The Hall–Kier alpha value is -1.12. The highest BCUT2D eigenvalue weighted by Gasteiger charge is 2.45. The number of aliphatic hydroxyl groups excluding tert-OH is 2. The smallest absolute Gasteiger partial charge is 0.240 e. The van der Waals surface area contributed by atoms with E-state index in [9.17, 15) is 4.79 Å². The summed E-state index contributed by atoms with van der Waals surface area (Å²) in [6, 6.07) is 1.33. The number of rotatable bonds is 4. The molecule has 0 aromatic heterocycles. The van der Waals surface area contributed by atoms with Crippen LogP contribution in [0.2, 0.25) is 0 Å². The molecule has 0 saturated heterocycles. The van der Waals surface area contributed by atoms with Crippen molar-refractivity contribution in [3.05, 3.63) is 0 Å². The van der Waals surface area contributed by atoms with Crippen LogP contribution in [-0.4, -0.2) is 35.4 Å². The van der Waals surface area contributed by atoms with Crippen molar-refractivity contribution in [3.8, 4) is 6.07 Å². The molecule has 0 bridgehead atoms. The Bertz CT molecular complexity index is 251. The van der Waals surface area contributed by atoms with Gasteiger partial charge in [-0.3, -0.25) is 4.79 Å². The van der Waals surface area contributed by atoms with Gasteiger partial charge in [0, 0.05) is 0 Å². The lowest BCUT2D eigenvalue weighted by atomic mass is 9.69. The highest BCUT2D eigenvalue weighted by Crippen LogP contribution is 2.40. The zero-order chi connectivity index (χ0) is 10.6. The molecule has 0 heterocycles. The van der Waals surface area contributed by atoms with E-state index in [2.05, 4.69) is 5.32 Å². The molecule has 0 aliphatic heterocycles. The molecule has 3 N–H and O–H groups in total. The average Bonchev–Trinajstić information content (AvgIpc) is 2.13. The fourth-order valence-electron chi connectivity index (χ4n) is 1.39. The van der Waals surface area contributed by atoms with Crippen LogP contribution in [0, 0.1) is 16.7 Å². The molecule has 0 unspecified atom stereocenters. The van der Waals surface area contributed by atoms with E-state index >= 15 is 0 Å². The summed E-state index contributed by atoms with van der Waals surface area (Å²) in [4.78, 5) is 11.6. The lowest BCUT2D eigenvalue weighted by molar-refractivity contribution is -0.133. The van der Waals surface area contributed by atoms with Crippen LogP contribution in [0.3, 0.4) is 0 Å². The number of carbonyl (C=O) groups excluding carboxylic acids is 1. The molecule has 14 heavy (non-hydrogen) atoms. The molecule has 0 atom stereocenters. The van der Waals surface area contributed by atoms with Crippen LogP contribution >= 0.6 is 0 Å². The van der Waals surface area contributed by atoms with E-state index in [1.807, 2.05) is 6.07 Å². The minimum Gasteiger partial charge on any atom is -0.394 e. The van der Waals surface area contributed by atoms with Crippen molar-refractivity contribution in [1.82, 2.24) is 5.32 Å². The van der Waals surface area contributed by atoms with Gasteiger partial charge in [-0.15, -0.1) is 0 Å². The summed E-state index contributed by atoms with van der Waals surface area (Å²) < 4.78 is 0. The third kappa shape index (κ3) is 1.86. The third-order valence-electron chi connectivity index (χ3n) is 2.63. The molecule has 0 aromatic carbocycles. The summed E-state index contributed by atoms with van der Waals surface area (Å²) in [7, 11) is 0. The zero-order valence-electron chi connectivity index (χ0n) is 7.86. The largest absolute Gasteiger partial charge is 0.394 e. The Morgan fingerprint density at radius 2 is 2.07 bits per heavy atom. The molecule has 0 radical (unpaired) electrons. The Morgan fingerprint density at radius 3 is 2.36 bits per heavy atom. The van der Waals surface area contributed by atoms with Gasteiger partial charge in [-0.25, -0.2) is 0 Å². The van der Waals surface area contributed by atoms with Gasteiger partial charge in [0.1, 0.15) is 5.41 Å². The zero-order valence-corrected chi connectivity index (χ0v) is 7.86. The van der Waals surface area contributed by atoms with Gasteiger partial charge in [-0.1, -0.05) is 0 Å². The van der Waals surface area contributed by atoms with Gasteiger partial charge in [0.15, 0.2) is 0 Å². The Kier molecular flexibility index (Phi) is 3.44. The van der Waals surface area contributed by atoms with Gasteiger partial charge in [0.25, 0.3) is 0 Å².